The highest BCUT2D eigenvalue weighted by Crippen LogP contribution is 2.37. The molecule has 0 saturated heterocycles. The topological polar surface area (TPSA) is 23.5 Å². The molecule has 0 radical (unpaired) electrons. The average molecular weight is 185 g/mol. The monoisotopic (exact) mass is 185 g/mol. The molecule has 13 heavy (non-hydrogen) atoms. The number of rotatable bonds is 5. The normalized spacial score (nSPS) is 24.5. The summed E-state index contributed by atoms with van der Waals surface area (Å²) in [5.41, 5.74) is -0.0391. The lowest BCUT2D eigenvalue weighted by Gasteiger charge is -2.40. The third-order valence-corrected chi connectivity index (χ3v) is 3.71. The number of likely N-dealkylation sites (N-methyl/N-ethyl adjacent to an activating group) is 1. The van der Waals surface area contributed by atoms with Crippen molar-refractivity contribution in [3.63, 3.8) is 0 Å². The fourth-order valence-electron chi connectivity index (χ4n) is 1.77. The molecule has 0 aliphatic heterocycles. The molecule has 2 unspecified atom stereocenters. The Bertz CT molecular complexity index is 165. The van der Waals surface area contributed by atoms with Gasteiger partial charge in [-0.25, -0.2) is 0 Å². The minimum atomic E-state index is -0.167. The zero-order valence-electron chi connectivity index (χ0n) is 9.38. The van der Waals surface area contributed by atoms with Crippen molar-refractivity contribution < 1.29 is 5.11 Å². The minimum absolute atomic E-state index is 0.0391. The van der Waals surface area contributed by atoms with Crippen LogP contribution in [0.3, 0.4) is 0 Å². The van der Waals surface area contributed by atoms with Crippen LogP contribution in [0, 0.1) is 5.92 Å². The molecular weight excluding hydrogens is 162 g/mol. The van der Waals surface area contributed by atoms with Gasteiger partial charge in [-0.3, -0.25) is 0 Å². The van der Waals surface area contributed by atoms with Crippen LogP contribution in [0.4, 0.5) is 0 Å². The molecule has 2 nitrogen and oxygen atoms in total. The number of nitrogens with zero attached hydrogens (tertiary/aromatic N) is 1. The van der Waals surface area contributed by atoms with Crippen LogP contribution >= 0.6 is 0 Å². The first-order valence-corrected chi connectivity index (χ1v) is 5.36. The predicted octanol–water partition coefficient (Wildman–Crippen LogP) is 1.88. The molecule has 0 spiro atoms. The van der Waals surface area contributed by atoms with Gasteiger partial charge < -0.3 is 10.0 Å². The van der Waals surface area contributed by atoms with Gasteiger partial charge >= 0.3 is 0 Å². The van der Waals surface area contributed by atoms with Gasteiger partial charge in [-0.15, -0.1) is 0 Å². The lowest BCUT2D eigenvalue weighted by Crippen LogP contribution is -2.50. The molecule has 0 aromatic rings. The molecule has 1 rings (SSSR count). The van der Waals surface area contributed by atoms with E-state index in [0.717, 1.165) is 18.8 Å². The third kappa shape index (κ3) is 2.44. The molecule has 1 aliphatic carbocycles. The highest BCUT2D eigenvalue weighted by Gasteiger charge is 2.37. The van der Waals surface area contributed by atoms with E-state index in [1.165, 1.54) is 12.8 Å². The SMILES string of the molecule is CCC(C)(C(O)CC1CC1)N(C)C. The zero-order valence-corrected chi connectivity index (χ0v) is 9.38. The van der Waals surface area contributed by atoms with Crippen molar-refractivity contribution in [2.75, 3.05) is 14.1 Å². The van der Waals surface area contributed by atoms with Gasteiger partial charge in [-0.05, 0) is 39.8 Å². The second-order valence-corrected chi connectivity index (χ2v) is 4.80. The Kier molecular flexibility index (Phi) is 3.36. The fourth-order valence-corrected chi connectivity index (χ4v) is 1.77. The molecular formula is C11H23NO. The highest BCUT2D eigenvalue weighted by atomic mass is 16.3. The Morgan fingerprint density at radius 3 is 2.31 bits per heavy atom. The van der Waals surface area contributed by atoms with Crippen LogP contribution in [0.25, 0.3) is 0 Å². The Morgan fingerprint density at radius 1 is 1.46 bits per heavy atom. The molecule has 1 fully saturated rings. The molecule has 1 saturated carbocycles. The van der Waals surface area contributed by atoms with Crippen molar-refractivity contribution in [2.24, 2.45) is 5.92 Å². The van der Waals surface area contributed by atoms with Crippen LogP contribution in [0.15, 0.2) is 0 Å². The average Bonchev–Trinajstić information content (AvgIpc) is 2.86. The van der Waals surface area contributed by atoms with Gasteiger partial charge in [0.25, 0.3) is 0 Å². The lowest BCUT2D eigenvalue weighted by molar-refractivity contribution is -0.00556. The molecule has 0 heterocycles. The number of hydrogen-bond acceptors (Lipinski definition) is 2. The summed E-state index contributed by atoms with van der Waals surface area (Å²) in [4.78, 5) is 2.15. The Morgan fingerprint density at radius 2 is 2.00 bits per heavy atom. The standard InChI is InChI=1S/C11H23NO/c1-5-11(2,12(3)4)10(13)8-9-6-7-9/h9-10,13H,5-8H2,1-4H3. The Balaban J connectivity index is 2.51. The van der Waals surface area contributed by atoms with E-state index >= 15 is 0 Å². The van der Waals surface area contributed by atoms with Crippen molar-refractivity contribution in [2.45, 2.75) is 51.2 Å². The van der Waals surface area contributed by atoms with Crippen LogP contribution in [-0.2, 0) is 0 Å². The summed E-state index contributed by atoms with van der Waals surface area (Å²) in [6.07, 6.45) is 4.48. The highest BCUT2D eigenvalue weighted by molar-refractivity contribution is 4.92. The predicted molar refractivity (Wildman–Crippen MR) is 55.7 cm³/mol. The maximum Gasteiger partial charge on any atom is 0.0723 e. The van der Waals surface area contributed by atoms with Crippen LogP contribution in [0.1, 0.15) is 39.5 Å². The van der Waals surface area contributed by atoms with Gasteiger partial charge in [0.1, 0.15) is 0 Å². The third-order valence-electron chi connectivity index (χ3n) is 3.71. The van der Waals surface area contributed by atoms with Crippen molar-refractivity contribution in [1.29, 1.82) is 0 Å². The smallest absolute Gasteiger partial charge is 0.0723 e. The maximum absolute atomic E-state index is 10.1. The van der Waals surface area contributed by atoms with Crippen molar-refractivity contribution in [1.82, 2.24) is 4.90 Å². The van der Waals surface area contributed by atoms with E-state index in [9.17, 15) is 5.11 Å². The van der Waals surface area contributed by atoms with E-state index < -0.39 is 0 Å². The largest absolute Gasteiger partial charge is 0.391 e. The van der Waals surface area contributed by atoms with Crippen LogP contribution in [0.5, 0.6) is 0 Å². The molecule has 1 N–H and O–H groups in total. The molecule has 78 valence electrons. The molecule has 0 aromatic heterocycles. The van der Waals surface area contributed by atoms with Crippen LogP contribution in [0.2, 0.25) is 0 Å². The molecule has 0 bridgehead atoms. The van der Waals surface area contributed by atoms with E-state index in [1.54, 1.807) is 0 Å². The van der Waals surface area contributed by atoms with Crippen molar-refractivity contribution in [3.8, 4) is 0 Å². The van der Waals surface area contributed by atoms with Gasteiger partial charge in [0.15, 0.2) is 0 Å². The number of aliphatic hydroxyl groups excluding tert-OH is 1. The second kappa shape index (κ2) is 3.97. The second-order valence-electron chi connectivity index (χ2n) is 4.80. The van der Waals surface area contributed by atoms with E-state index in [4.69, 9.17) is 0 Å². The first kappa shape index (κ1) is 11.0. The summed E-state index contributed by atoms with van der Waals surface area (Å²) < 4.78 is 0. The van der Waals surface area contributed by atoms with Crippen molar-refractivity contribution >= 4 is 0 Å². The summed E-state index contributed by atoms with van der Waals surface area (Å²) in [5, 5.41) is 10.1. The number of aliphatic hydroxyl groups is 1. The summed E-state index contributed by atoms with van der Waals surface area (Å²) in [6.45, 7) is 4.30. The van der Waals surface area contributed by atoms with Gasteiger partial charge in [0.05, 0.1) is 6.10 Å². The minimum Gasteiger partial charge on any atom is -0.391 e. The summed E-state index contributed by atoms with van der Waals surface area (Å²) >= 11 is 0. The van der Waals surface area contributed by atoms with Crippen LogP contribution < -0.4 is 0 Å². The van der Waals surface area contributed by atoms with Gasteiger partial charge in [-0.1, -0.05) is 19.8 Å². The first-order valence-electron chi connectivity index (χ1n) is 5.36. The maximum atomic E-state index is 10.1. The van der Waals surface area contributed by atoms with Gasteiger partial charge in [0, 0.05) is 5.54 Å². The summed E-state index contributed by atoms with van der Waals surface area (Å²) in [7, 11) is 4.11. The van der Waals surface area contributed by atoms with E-state index in [2.05, 4.69) is 32.8 Å². The molecule has 2 atom stereocenters. The zero-order chi connectivity index (χ0) is 10.1. The molecule has 0 amide bonds. The van der Waals surface area contributed by atoms with Gasteiger partial charge in [0.2, 0.25) is 0 Å². The Hall–Kier alpha value is -0.0800. The van der Waals surface area contributed by atoms with Crippen LogP contribution in [-0.4, -0.2) is 35.7 Å². The fraction of sp³-hybridized carbons (Fsp3) is 1.00. The molecule has 2 heteroatoms. The van der Waals surface area contributed by atoms with Gasteiger partial charge in [-0.2, -0.15) is 0 Å². The van der Waals surface area contributed by atoms with E-state index in [1.807, 2.05) is 0 Å². The Labute approximate surface area is 81.9 Å². The first-order chi connectivity index (χ1) is 6.00. The van der Waals surface area contributed by atoms with E-state index in [0.29, 0.717) is 0 Å². The summed E-state index contributed by atoms with van der Waals surface area (Å²) in [6, 6.07) is 0. The lowest BCUT2D eigenvalue weighted by atomic mass is 9.87. The molecule has 0 aromatic carbocycles. The van der Waals surface area contributed by atoms with E-state index in [-0.39, 0.29) is 11.6 Å². The number of hydrogen-bond donors (Lipinski definition) is 1. The quantitative estimate of drug-likeness (QED) is 0.707. The summed E-state index contributed by atoms with van der Waals surface area (Å²) in [5.74, 6) is 0.806. The van der Waals surface area contributed by atoms with Crippen molar-refractivity contribution in [3.05, 3.63) is 0 Å². The molecule has 1 aliphatic rings.